The Bertz CT molecular complexity index is 7490. The van der Waals surface area contributed by atoms with Crippen molar-refractivity contribution < 1.29 is 52.8 Å². The van der Waals surface area contributed by atoms with E-state index < -0.39 is 62.2 Å². The van der Waals surface area contributed by atoms with Gasteiger partial charge in [0.2, 0.25) is 57.4 Å². The number of hydrogen-bond donors (Lipinski definition) is 8. The predicted octanol–water partition coefficient (Wildman–Crippen LogP) is 10.8. The number of nitrogens with zero attached hydrogens (tertiary/aromatic N) is 27. The van der Waals surface area contributed by atoms with Crippen LogP contribution < -0.4 is 61.9 Å². The van der Waals surface area contributed by atoms with Crippen molar-refractivity contribution in [2.75, 3.05) is 83.1 Å². The van der Waals surface area contributed by atoms with Crippen molar-refractivity contribution in [3.05, 3.63) is 128 Å². The van der Waals surface area contributed by atoms with Gasteiger partial charge in [0.05, 0.1) is 46.6 Å². The number of carbonyl (C=O) groups excluding carboxylic acids is 4. The molecule has 9 aliphatic rings. The van der Waals surface area contributed by atoms with Gasteiger partial charge in [0.15, 0.2) is 38.4 Å². The first-order valence-corrected chi connectivity index (χ1v) is 54.3. The molecular weight excluding hydrogens is 1940 g/mol. The van der Waals surface area contributed by atoms with Crippen LogP contribution in [-0.4, -0.2) is 227 Å². The Morgan fingerprint density at radius 2 is 0.669 bits per heavy atom. The molecule has 0 unspecified atom stereocenters. The number of amidine groups is 4. The zero-order valence-electron chi connectivity index (χ0n) is 82.5. The van der Waals surface area contributed by atoms with E-state index in [4.69, 9.17) is 60.9 Å². The first-order valence-electron chi connectivity index (χ1n) is 48.1. The van der Waals surface area contributed by atoms with Crippen molar-refractivity contribution in [3.8, 4) is 0 Å². The van der Waals surface area contributed by atoms with Gasteiger partial charge in [-0.3, -0.25) is 42.5 Å². The third kappa shape index (κ3) is 19.4. The van der Waals surface area contributed by atoms with E-state index in [1.165, 1.54) is 48.9 Å². The number of nitrogens with one attached hydrogen (secondary N) is 4. The number of fused-ring (bicyclic) bond motifs is 16. The van der Waals surface area contributed by atoms with Crippen LogP contribution in [-0.2, 0) is 81.4 Å². The summed E-state index contributed by atoms with van der Waals surface area (Å²) in [4.78, 5) is 106. The highest BCUT2D eigenvalue weighted by Gasteiger charge is 2.54. The number of primary sulfonamides is 4. The second-order valence-corrected chi connectivity index (χ2v) is 44.3. The summed E-state index contributed by atoms with van der Waals surface area (Å²) >= 11 is 0. The molecule has 51 heteroatoms. The minimum Gasteiger partial charge on any atom is -0.324 e. The normalized spacial score (nSPS) is 17.6. The summed E-state index contributed by atoms with van der Waals surface area (Å²) in [5.41, 5.74) is 3.22. The van der Waals surface area contributed by atoms with Crippen molar-refractivity contribution in [3.63, 3.8) is 0 Å². The van der Waals surface area contributed by atoms with E-state index in [1.807, 2.05) is 49.2 Å². The highest BCUT2D eigenvalue weighted by Crippen LogP contribution is 2.53. The number of sulfonamides is 4. The Morgan fingerprint density at radius 1 is 0.372 bits per heavy atom. The second kappa shape index (κ2) is 39.0. The standard InChI is InChI=1S/C25H30N8O3S.C24H31N9O3S.C23H29N9O3S.C22H27N9O3S/c1-16(34)31(2)23-25(12-4-3-5-13-25)32-21(33(30-23)19-8-9-19)14-17-15-27-24(29-22(17)32)28-18-6-10-20(11-7-18)37(26,35)36;1-15(2)33-20-12-17-13-27-23(28-18-8-9-19(26-14-18)37(25,35)36)29-21(17)32(20)24(10-6-5-7-11-24)22(30-33)31(4)16(3)34;1-4-31-19-12-16-13-26-22(27-17-8-9-18(25-14-17)36(24,34)35)28-20(16)32(19)23(10-6-5-7-11-23)21(29-31)30(3)15(2)33;1-14(32)29(2)20-22(9-5-4-6-10-22)31-18(30(3)28-20)11-15-12-25-21(27-19(15)31)26-16-7-8-17(24-13-16)35(23,33)34/h6-7,10-11,14-15,19H,3-5,8-9,12-13H2,1-2H3,(H2,26,35,36)(H,27,28,29);8-9,12-15H,5-7,10-11H2,1-4H3,(H2,25,35,36)(H,27,28,29);8-9,12-14H,4-7,10-11H2,1-3H3,(H2,24,34,35)(H,26,27,28);7-8,11-13H,4-6,9-10H2,1-3H3,(H2,23,33,34)(H,25,26,27). The van der Waals surface area contributed by atoms with E-state index in [1.54, 1.807) is 129 Å². The van der Waals surface area contributed by atoms with Gasteiger partial charge in [0.25, 0.3) is 30.1 Å². The molecule has 5 fully saturated rings. The summed E-state index contributed by atoms with van der Waals surface area (Å²) in [6, 6.07) is 23.3. The highest BCUT2D eigenvalue weighted by atomic mass is 32.2. The zero-order valence-corrected chi connectivity index (χ0v) is 85.7. The molecule has 145 heavy (non-hydrogen) atoms. The Labute approximate surface area is 837 Å². The number of aromatic nitrogens is 15. The van der Waals surface area contributed by atoms with Crippen LogP contribution in [0.2, 0.25) is 0 Å². The molecule has 0 bridgehead atoms. The lowest BCUT2D eigenvalue weighted by molar-refractivity contribution is -0.125. The van der Waals surface area contributed by atoms with Gasteiger partial charge in [-0.2, -0.15) is 40.3 Å². The lowest BCUT2D eigenvalue weighted by Crippen LogP contribution is -2.56. The predicted molar refractivity (Wildman–Crippen MR) is 550 cm³/mol. The summed E-state index contributed by atoms with van der Waals surface area (Å²) in [6.45, 7) is 13.0. The molecular formula is C94H117N35O12S4. The number of pyridine rings is 3. The third-order valence-corrected chi connectivity index (χ3v) is 31.7. The van der Waals surface area contributed by atoms with Crippen LogP contribution in [0.1, 0.15) is 190 Å². The molecule has 21 rings (SSSR count). The maximum absolute atomic E-state index is 12.6. The fraction of sp³-hybridized carbons (Fsp3) is 0.436. The van der Waals surface area contributed by atoms with Crippen molar-refractivity contribution in [2.24, 2.45) is 41.0 Å². The average molecular weight is 2060 g/mol. The second-order valence-electron chi connectivity index (χ2n) is 38.2. The van der Waals surface area contributed by atoms with E-state index in [9.17, 15) is 52.8 Å². The Hall–Kier alpha value is -14.3. The van der Waals surface area contributed by atoms with E-state index >= 15 is 0 Å². The first kappa shape index (κ1) is 101. The van der Waals surface area contributed by atoms with Crippen LogP contribution in [0, 0.1) is 0 Å². The topological polar surface area (TPSA) is 594 Å². The largest absolute Gasteiger partial charge is 0.324 e. The molecule has 764 valence electrons. The van der Waals surface area contributed by atoms with Crippen LogP contribution >= 0.6 is 0 Å². The molecule has 0 radical (unpaired) electrons. The Morgan fingerprint density at radius 3 is 0.986 bits per heavy atom. The van der Waals surface area contributed by atoms with Gasteiger partial charge in [-0.15, -0.1) is 0 Å². The maximum Gasteiger partial charge on any atom is 0.255 e. The lowest BCUT2D eigenvalue weighted by atomic mass is 9.79. The van der Waals surface area contributed by atoms with Crippen LogP contribution in [0.4, 0.5) is 69.8 Å². The van der Waals surface area contributed by atoms with Crippen molar-refractivity contribution in [1.29, 1.82) is 0 Å². The molecule has 12 N–H and O–H groups in total. The molecule has 5 saturated carbocycles. The van der Waals surface area contributed by atoms with Gasteiger partial charge in [-0.1, -0.05) is 77.0 Å². The fourth-order valence-electron chi connectivity index (χ4n) is 20.8. The summed E-state index contributed by atoms with van der Waals surface area (Å²) in [5.74, 6) is 7.82. The van der Waals surface area contributed by atoms with Gasteiger partial charge in [-0.05, 0) is 170 Å². The fourth-order valence-corrected chi connectivity index (χ4v) is 22.7. The quantitative estimate of drug-likeness (QED) is 0.0472. The zero-order chi connectivity index (χ0) is 103. The smallest absolute Gasteiger partial charge is 0.255 e. The summed E-state index contributed by atoms with van der Waals surface area (Å²) in [7, 11) is -6.42. The number of hydrogen-bond acceptors (Lipinski definition) is 35. The van der Waals surface area contributed by atoms with E-state index in [2.05, 4.69) is 99.3 Å². The van der Waals surface area contributed by atoms with Crippen molar-refractivity contribution in [2.45, 2.75) is 244 Å². The molecule has 1 aromatic carbocycles. The minimum absolute atomic E-state index is 0.0379. The third-order valence-electron chi connectivity index (χ3n) is 28.2. The van der Waals surface area contributed by atoms with Crippen LogP contribution in [0.15, 0.2) is 169 Å². The van der Waals surface area contributed by atoms with E-state index in [0.29, 0.717) is 65.0 Å². The number of hydrazone groups is 4. The van der Waals surface area contributed by atoms with Gasteiger partial charge >= 0.3 is 0 Å². The molecule has 0 saturated heterocycles. The average Bonchev–Trinajstić information content (AvgIpc) is 1.55. The maximum atomic E-state index is 12.6. The molecule has 47 nitrogen and oxygen atoms in total. The number of carbonyl (C=O) groups is 4. The van der Waals surface area contributed by atoms with E-state index in [-0.39, 0.29) is 49.6 Å². The van der Waals surface area contributed by atoms with Gasteiger partial charge < -0.3 is 40.9 Å². The molecule has 5 aliphatic carbocycles. The SMILES string of the molecule is CC(=O)N(C)C1=NN(C(C)C)c2cc3cnc(Nc4ccc(S(N)(=O)=O)nc4)nc3n2C12CCCCC2.CC(=O)N(C)C1=NN(C)c2cc3cnc(Nc4ccc(S(N)(=O)=O)nc4)nc3n2C12CCCCC2.CC(=O)N(C)C1=NN(C2CC2)c2cc3cnc(Nc4ccc(S(N)(=O)=O)cc4)nc3n2C12CCCCC2.CCN1N=C(N(C)C(C)=O)C2(CCCCC2)n2c1cc1cnc(Nc3ccc(S(N)(=O)=O)nc3)nc12. The molecule has 4 aliphatic heterocycles. The van der Waals surface area contributed by atoms with Crippen molar-refractivity contribution >= 4 is 201 Å². The summed E-state index contributed by atoms with van der Waals surface area (Å²) < 4.78 is 101. The Balaban J connectivity index is 0.000000127. The van der Waals surface area contributed by atoms with Crippen LogP contribution in [0.3, 0.4) is 0 Å². The first-order chi connectivity index (χ1) is 68.9. The molecule has 15 heterocycles. The molecule has 12 aromatic rings. The van der Waals surface area contributed by atoms with Crippen LogP contribution in [0.25, 0.3) is 44.1 Å². The summed E-state index contributed by atoms with van der Waals surface area (Å²) in [6.07, 6.45) is 32.8. The Kier molecular flexibility index (Phi) is 27.1. The molecule has 4 amide bonds. The van der Waals surface area contributed by atoms with Gasteiger partial charge in [0.1, 0.15) is 68.0 Å². The van der Waals surface area contributed by atoms with Crippen molar-refractivity contribution in [1.82, 2.24) is 92.7 Å². The number of rotatable bonds is 15. The van der Waals surface area contributed by atoms with Gasteiger partial charge in [0, 0.05) is 128 Å². The van der Waals surface area contributed by atoms with Gasteiger partial charge in [-0.25, -0.2) is 104 Å². The number of nitrogens with two attached hydrogens (primary N) is 4. The number of likely N-dealkylation sites (N-methyl/N-ethyl adjacent to an activating group) is 4. The lowest BCUT2D eigenvalue weighted by Gasteiger charge is -2.47. The minimum atomic E-state index is -3.89. The number of amides is 4. The van der Waals surface area contributed by atoms with E-state index in [0.717, 1.165) is 226 Å². The highest BCUT2D eigenvalue weighted by molar-refractivity contribution is 7.89. The number of anilines is 12. The van der Waals surface area contributed by atoms with Crippen LogP contribution in [0.5, 0.6) is 0 Å². The number of benzene rings is 1. The summed E-state index contributed by atoms with van der Waals surface area (Å²) in [5, 5.41) is 63.6. The monoisotopic (exact) mass is 2060 g/mol. The molecule has 0 atom stereocenters. The molecule has 4 spiro atoms. The molecule has 11 aromatic heterocycles.